The summed E-state index contributed by atoms with van der Waals surface area (Å²) < 4.78 is 13.0. The molecule has 0 spiro atoms. The number of hydrogen-bond acceptors (Lipinski definition) is 5. The predicted octanol–water partition coefficient (Wildman–Crippen LogP) is 7.89. The molecule has 0 radical (unpaired) electrons. The predicted molar refractivity (Wildman–Crippen MR) is 166 cm³/mol. The Morgan fingerprint density at radius 2 is 1.45 bits per heavy atom. The summed E-state index contributed by atoms with van der Waals surface area (Å²) in [6, 6.07) is 12.4. The number of halogens is 1. The number of rotatable bonds is 6. The van der Waals surface area contributed by atoms with Crippen molar-refractivity contribution >= 4 is 34.2 Å². The molecular formula is C34H40INO4. The lowest BCUT2D eigenvalue weighted by Gasteiger charge is -2.49. The van der Waals surface area contributed by atoms with E-state index in [4.69, 9.17) is 9.47 Å². The van der Waals surface area contributed by atoms with E-state index in [1.54, 1.807) is 7.11 Å². The first-order valence-corrected chi connectivity index (χ1v) is 15.3. The molecule has 0 amide bonds. The largest absolute Gasteiger partial charge is 0.493 e. The second kappa shape index (κ2) is 10.7. The Morgan fingerprint density at radius 3 is 1.95 bits per heavy atom. The quantitative estimate of drug-likeness (QED) is 0.297. The number of hydrogen-bond donors (Lipinski definition) is 0. The molecule has 1 aliphatic heterocycles. The summed E-state index contributed by atoms with van der Waals surface area (Å²) in [5.74, 6) is 1.19. The van der Waals surface area contributed by atoms with Gasteiger partial charge < -0.3 is 14.4 Å². The van der Waals surface area contributed by atoms with Crippen molar-refractivity contribution in [2.75, 3.05) is 13.7 Å². The summed E-state index contributed by atoms with van der Waals surface area (Å²) in [5, 5.41) is 0. The second-order valence-corrected chi connectivity index (χ2v) is 14.3. The molecule has 0 unspecified atom stereocenters. The molecule has 2 aromatic carbocycles. The molecule has 3 aliphatic rings. The number of allylic oxidation sites excluding steroid dienone is 4. The zero-order chi connectivity index (χ0) is 29.0. The van der Waals surface area contributed by atoms with E-state index in [2.05, 4.69) is 99.4 Å². The van der Waals surface area contributed by atoms with E-state index in [1.165, 1.54) is 5.56 Å². The average molecular weight is 654 g/mol. The molecule has 5 nitrogen and oxygen atoms in total. The third-order valence-electron chi connectivity index (χ3n) is 8.43. The number of nitrogens with zero attached hydrogens (tertiary/aromatic N) is 1. The second-order valence-electron chi connectivity index (χ2n) is 13.1. The van der Waals surface area contributed by atoms with Gasteiger partial charge in [-0.2, -0.15) is 0 Å². The molecule has 5 rings (SSSR count). The lowest BCUT2D eigenvalue weighted by atomic mass is 9.63. The van der Waals surface area contributed by atoms with Gasteiger partial charge >= 0.3 is 0 Å². The smallest absolute Gasteiger partial charge is 0.174 e. The summed E-state index contributed by atoms with van der Waals surface area (Å²) in [7, 11) is 1.64. The fourth-order valence-corrected chi connectivity index (χ4v) is 7.43. The number of Topliss-reactive ketones (excluding diaryl/α,β-unsaturated/α-hetero) is 2. The van der Waals surface area contributed by atoms with Crippen molar-refractivity contribution in [1.29, 1.82) is 0 Å². The maximum Gasteiger partial charge on any atom is 0.174 e. The molecular weight excluding hydrogens is 613 g/mol. The first kappa shape index (κ1) is 28.9. The zero-order valence-electron chi connectivity index (χ0n) is 24.7. The summed E-state index contributed by atoms with van der Waals surface area (Å²) in [6.07, 6.45) is 2.59. The molecule has 0 aromatic heterocycles. The fraction of sp³-hybridized carbons (Fsp3) is 0.471. The van der Waals surface area contributed by atoms with Crippen LogP contribution >= 0.6 is 22.6 Å². The van der Waals surface area contributed by atoms with Gasteiger partial charge in [-0.25, -0.2) is 0 Å². The van der Waals surface area contributed by atoms with E-state index >= 15 is 0 Å². The van der Waals surface area contributed by atoms with Crippen LogP contribution in [0.25, 0.3) is 0 Å². The molecule has 6 heteroatoms. The number of carbonyl (C=O) groups excluding carboxylic acids is 2. The van der Waals surface area contributed by atoms with Crippen LogP contribution in [-0.2, 0) is 16.2 Å². The SMILES string of the molecule is CCN1C2=C(C(=O)CC(C)(C)C2)C(c2cc(I)c(OCc3ccc(C)cc3)c(OC)c2)C2=C1CC(C)(C)CC2=O. The van der Waals surface area contributed by atoms with E-state index in [-0.39, 0.29) is 22.4 Å². The standard InChI is InChI=1S/C34H40INO4/c1-8-36-24-15-33(3,4)17-26(37)30(24)29(31-25(36)16-34(5,6)18-27(31)38)22-13-23(35)32(28(14-22)39-7)40-19-21-11-9-20(2)10-12-21/h9-14,29H,8,15-19H2,1-7H3. The highest BCUT2D eigenvalue weighted by atomic mass is 127. The number of ether oxygens (including phenoxy) is 2. The van der Waals surface area contributed by atoms with Crippen LogP contribution in [0, 0.1) is 21.3 Å². The van der Waals surface area contributed by atoms with E-state index in [0.29, 0.717) is 30.9 Å². The van der Waals surface area contributed by atoms with Crippen LogP contribution in [0.4, 0.5) is 0 Å². The van der Waals surface area contributed by atoms with Crippen molar-refractivity contribution in [3.05, 3.63) is 79.2 Å². The normalized spacial score (nSPS) is 20.4. The van der Waals surface area contributed by atoms with Crippen molar-refractivity contribution in [2.45, 2.75) is 79.8 Å². The molecule has 0 N–H and O–H groups in total. The Labute approximate surface area is 252 Å². The lowest BCUT2D eigenvalue weighted by molar-refractivity contribution is -0.119. The number of ketones is 2. The molecule has 2 aliphatic carbocycles. The van der Waals surface area contributed by atoms with Gasteiger partial charge in [0.25, 0.3) is 0 Å². The molecule has 0 fully saturated rings. The monoisotopic (exact) mass is 653 g/mol. The third-order valence-corrected chi connectivity index (χ3v) is 9.23. The minimum Gasteiger partial charge on any atom is -0.493 e. The van der Waals surface area contributed by atoms with Crippen LogP contribution in [0.2, 0.25) is 0 Å². The van der Waals surface area contributed by atoms with Gasteiger partial charge in [0.15, 0.2) is 23.1 Å². The van der Waals surface area contributed by atoms with Gasteiger partial charge in [-0.1, -0.05) is 57.5 Å². The Morgan fingerprint density at radius 1 is 0.900 bits per heavy atom. The Hall–Kier alpha value is -2.61. The molecule has 212 valence electrons. The molecule has 2 aromatic rings. The highest BCUT2D eigenvalue weighted by molar-refractivity contribution is 14.1. The first-order chi connectivity index (χ1) is 18.8. The summed E-state index contributed by atoms with van der Waals surface area (Å²) >= 11 is 2.29. The van der Waals surface area contributed by atoms with Crippen LogP contribution < -0.4 is 9.47 Å². The van der Waals surface area contributed by atoms with Crippen molar-refractivity contribution in [3.63, 3.8) is 0 Å². The van der Waals surface area contributed by atoms with Crippen LogP contribution in [0.1, 0.15) is 82.9 Å². The third kappa shape index (κ3) is 5.36. The summed E-state index contributed by atoms with van der Waals surface area (Å²) in [5.41, 5.74) is 6.71. The number of aryl methyl sites for hydroxylation is 1. The van der Waals surface area contributed by atoms with E-state index in [9.17, 15) is 9.59 Å². The molecule has 0 saturated carbocycles. The van der Waals surface area contributed by atoms with Crippen LogP contribution in [0.15, 0.2) is 58.9 Å². The minimum absolute atomic E-state index is 0.125. The summed E-state index contributed by atoms with van der Waals surface area (Å²) in [4.78, 5) is 30.1. The number of benzene rings is 2. The van der Waals surface area contributed by atoms with Crippen LogP contribution in [-0.4, -0.2) is 30.1 Å². The van der Waals surface area contributed by atoms with E-state index < -0.39 is 5.92 Å². The van der Waals surface area contributed by atoms with Gasteiger partial charge in [0, 0.05) is 47.8 Å². The Bertz CT molecular complexity index is 1380. The van der Waals surface area contributed by atoms with Gasteiger partial charge in [-0.3, -0.25) is 9.59 Å². The van der Waals surface area contributed by atoms with E-state index in [0.717, 1.165) is 56.6 Å². The van der Waals surface area contributed by atoms with Gasteiger partial charge in [0.2, 0.25) is 0 Å². The minimum atomic E-state index is -0.395. The topological polar surface area (TPSA) is 55.8 Å². The fourth-order valence-electron chi connectivity index (χ4n) is 6.65. The molecule has 0 saturated heterocycles. The number of methoxy groups -OCH3 is 1. The van der Waals surface area contributed by atoms with Crippen molar-refractivity contribution in [2.24, 2.45) is 10.8 Å². The Balaban J connectivity index is 1.64. The van der Waals surface area contributed by atoms with Gasteiger partial charge in [0.1, 0.15) is 6.61 Å². The number of carbonyl (C=O) groups is 2. The van der Waals surface area contributed by atoms with Gasteiger partial charge in [-0.15, -0.1) is 0 Å². The van der Waals surface area contributed by atoms with Crippen molar-refractivity contribution < 1.29 is 19.1 Å². The molecule has 0 bridgehead atoms. The van der Waals surface area contributed by atoms with Crippen LogP contribution in [0.3, 0.4) is 0 Å². The summed E-state index contributed by atoms with van der Waals surface area (Å²) in [6.45, 7) is 14.0. The van der Waals surface area contributed by atoms with Gasteiger partial charge in [-0.05, 0) is 83.4 Å². The lowest BCUT2D eigenvalue weighted by Crippen LogP contribution is -2.44. The van der Waals surface area contributed by atoms with Crippen LogP contribution in [0.5, 0.6) is 11.5 Å². The van der Waals surface area contributed by atoms with Gasteiger partial charge in [0.05, 0.1) is 10.7 Å². The van der Waals surface area contributed by atoms with Crippen molar-refractivity contribution in [3.8, 4) is 11.5 Å². The Kier molecular flexibility index (Phi) is 7.70. The van der Waals surface area contributed by atoms with Crippen molar-refractivity contribution in [1.82, 2.24) is 4.90 Å². The molecule has 40 heavy (non-hydrogen) atoms. The molecule has 1 heterocycles. The van der Waals surface area contributed by atoms with E-state index in [1.807, 2.05) is 6.07 Å². The molecule has 0 atom stereocenters. The maximum atomic E-state index is 13.9. The average Bonchev–Trinajstić information content (AvgIpc) is 2.86. The highest BCUT2D eigenvalue weighted by Gasteiger charge is 2.48. The highest BCUT2D eigenvalue weighted by Crippen LogP contribution is 2.55. The zero-order valence-corrected chi connectivity index (χ0v) is 26.9. The maximum absolute atomic E-state index is 13.9. The first-order valence-electron chi connectivity index (χ1n) is 14.2.